The van der Waals surface area contributed by atoms with Crippen molar-refractivity contribution in [2.24, 2.45) is 0 Å². The van der Waals surface area contributed by atoms with Crippen LogP contribution in [0.2, 0.25) is 0 Å². The van der Waals surface area contributed by atoms with Gasteiger partial charge in [-0.3, -0.25) is 4.79 Å². The summed E-state index contributed by atoms with van der Waals surface area (Å²) in [5, 5.41) is 14.5. The maximum atomic E-state index is 11.6. The van der Waals surface area contributed by atoms with Crippen molar-refractivity contribution in [1.82, 2.24) is 5.32 Å². The summed E-state index contributed by atoms with van der Waals surface area (Å²) >= 11 is 0. The molecule has 102 valence electrons. The first-order valence-corrected chi connectivity index (χ1v) is 6.19. The molecule has 2 aromatic rings. The van der Waals surface area contributed by atoms with E-state index in [1.54, 1.807) is 31.3 Å². The summed E-state index contributed by atoms with van der Waals surface area (Å²) in [4.78, 5) is 11.6. The van der Waals surface area contributed by atoms with Crippen LogP contribution in [0.3, 0.4) is 0 Å². The third kappa shape index (κ3) is 2.98. The molecule has 0 spiro atoms. The van der Waals surface area contributed by atoms with Gasteiger partial charge in [-0.25, -0.2) is 0 Å². The average molecular weight is 269 g/mol. The molecule has 20 heavy (non-hydrogen) atoms. The van der Waals surface area contributed by atoms with E-state index < -0.39 is 0 Å². The molecule has 0 unspecified atom stereocenters. The SMILES string of the molecule is CNC(=O)c1ccc(C)c(NCc2ccc(C#N)o2)c1. The molecule has 0 saturated carbocycles. The molecule has 5 nitrogen and oxygen atoms in total. The van der Waals surface area contributed by atoms with Crippen LogP contribution in [0.5, 0.6) is 0 Å². The van der Waals surface area contributed by atoms with Crippen molar-refractivity contribution >= 4 is 11.6 Å². The minimum atomic E-state index is -0.127. The van der Waals surface area contributed by atoms with Gasteiger partial charge in [0.25, 0.3) is 5.91 Å². The van der Waals surface area contributed by atoms with Gasteiger partial charge in [0.2, 0.25) is 5.76 Å². The van der Waals surface area contributed by atoms with Crippen LogP contribution < -0.4 is 10.6 Å². The van der Waals surface area contributed by atoms with Gasteiger partial charge in [0.15, 0.2) is 0 Å². The lowest BCUT2D eigenvalue weighted by Gasteiger charge is -2.10. The first kappa shape index (κ1) is 13.7. The topological polar surface area (TPSA) is 78.1 Å². The highest BCUT2D eigenvalue weighted by Gasteiger charge is 2.07. The zero-order chi connectivity index (χ0) is 14.5. The van der Waals surface area contributed by atoms with E-state index in [4.69, 9.17) is 9.68 Å². The molecular formula is C15H15N3O2. The molecule has 0 atom stereocenters. The van der Waals surface area contributed by atoms with Gasteiger partial charge in [-0.2, -0.15) is 5.26 Å². The Morgan fingerprint density at radius 1 is 1.35 bits per heavy atom. The fraction of sp³-hybridized carbons (Fsp3) is 0.200. The van der Waals surface area contributed by atoms with Crippen LogP contribution in [0.15, 0.2) is 34.7 Å². The van der Waals surface area contributed by atoms with Gasteiger partial charge in [0, 0.05) is 18.3 Å². The molecule has 1 heterocycles. The number of anilines is 1. The Morgan fingerprint density at radius 3 is 2.80 bits per heavy atom. The number of carbonyl (C=O) groups is 1. The van der Waals surface area contributed by atoms with Gasteiger partial charge < -0.3 is 15.1 Å². The summed E-state index contributed by atoms with van der Waals surface area (Å²) in [5.74, 6) is 0.835. The molecular weight excluding hydrogens is 254 g/mol. The zero-order valence-electron chi connectivity index (χ0n) is 11.4. The minimum Gasteiger partial charge on any atom is -0.449 e. The Kier molecular flexibility index (Phi) is 4.06. The van der Waals surface area contributed by atoms with Crippen molar-refractivity contribution in [3.05, 3.63) is 53.0 Å². The van der Waals surface area contributed by atoms with Gasteiger partial charge in [-0.05, 0) is 36.8 Å². The van der Waals surface area contributed by atoms with E-state index >= 15 is 0 Å². The maximum Gasteiger partial charge on any atom is 0.251 e. The molecule has 1 amide bonds. The second-order valence-corrected chi connectivity index (χ2v) is 4.34. The molecule has 0 radical (unpaired) electrons. The molecule has 2 rings (SSSR count). The Balaban J connectivity index is 2.12. The van der Waals surface area contributed by atoms with Gasteiger partial charge in [0.1, 0.15) is 11.8 Å². The number of benzene rings is 1. The highest BCUT2D eigenvalue weighted by Crippen LogP contribution is 2.18. The van der Waals surface area contributed by atoms with E-state index in [0.717, 1.165) is 11.3 Å². The van der Waals surface area contributed by atoms with E-state index in [2.05, 4.69) is 10.6 Å². The lowest BCUT2D eigenvalue weighted by Crippen LogP contribution is -2.18. The molecule has 0 fully saturated rings. The normalized spacial score (nSPS) is 9.85. The summed E-state index contributed by atoms with van der Waals surface area (Å²) in [6, 6.07) is 10.8. The maximum absolute atomic E-state index is 11.6. The first-order chi connectivity index (χ1) is 9.63. The predicted octanol–water partition coefficient (Wildman–Crippen LogP) is 2.43. The molecule has 0 aliphatic heterocycles. The largest absolute Gasteiger partial charge is 0.449 e. The number of aryl methyl sites for hydroxylation is 1. The highest BCUT2D eigenvalue weighted by atomic mass is 16.3. The first-order valence-electron chi connectivity index (χ1n) is 6.19. The highest BCUT2D eigenvalue weighted by molar-refractivity contribution is 5.95. The number of nitrogens with one attached hydrogen (secondary N) is 2. The van der Waals surface area contributed by atoms with Crippen LogP contribution >= 0.6 is 0 Å². The molecule has 1 aromatic heterocycles. The molecule has 0 aliphatic rings. The summed E-state index contributed by atoms with van der Waals surface area (Å²) < 4.78 is 5.29. The van der Waals surface area contributed by atoms with E-state index in [0.29, 0.717) is 17.9 Å². The van der Waals surface area contributed by atoms with Crippen LogP contribution in [-0.2, 0) is 6.54 Å². The van der Waals surface area contributed by atoms with E-state index in [1.807, 2.05) is 19.1 Å². The Hall–Kier alpha value is -2.74. The van der Waals surface area contributed by atoms with Gasteiger partial charge in [-0.1, -0.05) is 6.07 Å². The Labute approximate surface area is 117 Å². The number of nitrogens with zero attached hydrogens (tertiary/aromatic N) is 1. The van der Waals surface area contributed by atoms with E-state index in [1.165, 1.54) is 0 Å². The minimum absolute atomic E-state index is 0.127. The molecule has 0 bridgehead atoms. The van der Waals surface area contributed by atoms with Crippen LogP contribution in [0.1, 0.15) is 27.4 Å². The van der Waals surface area contributed by atoms with Crippen LogP contribution in [0.4, 0.5) is 5.69 Å². The van der Waals surface area contributed by atoms with Crippen molar-refractivity contribution in [2.45, 2.75) is 13.5 Å². The Morgan fingerprint density at radius 2 is 2.15 bits per heavy atom. The number of rotatable bonds is 4. The van der Waals surface area contributed by atoms with Gasteiger partial charge in [0.05, 0.1) is 6.54 Å². The number of carbonyl (C=O) groups excluding carboxylic acids is 1. The second-order valence-electron chi connectivity index (χ2n) is 4.34. The molecule has 0 aliphatic carbocycles. The standard InChI is InChI=1S/C15H15N3O2/c1-10-3-4-11(15(19)17-2)7-14(10)18-9-13-6-5-12(8-16)20-13/h3-7,18H,9H2,1-2H3,(H,17,19). The van der Waals surface area contributed by atoms with Crippen molar-refractivity contribution < 1.29 is 9.21 Å². The zero-order valence-corrected chi connectivity index (χ0v) is 11.4. The number of hydrogen-bond acceptors (Lipinski definition) is 4. The van der Waals surface area contributed by atoms with Crippen LogP contribution in [-0.4, -0.2) is 13.0 Å². The summed E-state index contributed by atoms with van der Waals surface area (Å²) in [7, 11) is 1.60. The number of nitriles is 1. The molecule has 2 N–H and O–H groups in total. The molecule has 1 aromatic carbocycles. The predicted molar refractivity (Wildman–Crippen MR) is 75.3 cm³/mol. The van der Waals surface area contributed by atoms with E-state index in [-0.39, 0.29) is 11.7 Å². The molecule has 0 saturated heterocycles. The monoisotopic (exact) mass is 269 g/mol. The summed E-state index contributed by atoms with van der Waals surface area (Å²) in [6.07, 6.45) is 0. The molecule has 5 heteroatoms. The fourth-order valence-corrected chi connectivity index (χ4v) is 1.81. The lowest BCUT2D eigenvalue weighted by molar-refractivity contribution is 0.0963. The van der Waals surface area contributed by atoms with Crippen molar-refractivity contribution in [3.8, 4) is 6.07 Å². The second kappa shape index (κ2) is 5.93. The fourth-order valence-electron chi connectivity index (χ4n) is 1.81. The smallest absolute Gasteiger partial charge is 0.251 e. The van der Waals surface area contributed by atoms with Crippen LogP contribution in [0, 0.1) is 18.3 Å². The number of hydrogen-bond donors (Lipinski definition) is 2. The third-order valence-electron chi connectivity index (χ3n) is 2.95. The summed E-state index contributed by atoms with van der Waals surface area (Å²) in [5.41, 5.74) is 2.49. The third-order valence-corrected chi connectivity index (χ3v) is 2.95. The van der Waals surface area contributed by atoms with Crippen molar-refractivity contribution in [2.75, 3.05) is 12.4 Å². The average Bonchev–Trinajstić information content (AvgIpc) is 2.93. The number of amides is 1. The van der Waals surface area contributed by atoms with Crippen molar-refractivity contribution in [1.29, 1.82) is 5.26 Å². The number of furan rings is 1. The lowest BCUT2D eigenvalue weighted by atomic mass is 10.1. The summed E-state index contributed by atoms with van der Waals surface area (Å²) in [6.45, 7) is 2.42. The van der Waals surface area contributed by atoms with Gasteiger partial charge >= 0.3 is 0 Å². The Bertz CT molecular complexity index is 668. The van der Waals surface area contributed by atoms with Crippen molar-refractivity contribution in [3.63, 3.8) is 0 Å². The van der Waals surface area contributed by atoms with E-state index in [9.17, 15) is 4.79 Å². The quantitative estimate of drug-likeness (QED) is 0.893. The van der Waals surface area contributed by atoms with Crippen LogP contribution in [0.25, 0.3) is 0 Å². The van der Waals surface area contributed by atoms with Gasteiger partial charge in [-0.15, -0.1) is 0 Å².